The first kappa shape index (κ1) is 11.5. The van der Waals surface area contributed by atoms with Gasteiger partial charge in [-0.1, -0.05) is 33.1 Å². The van der Waals surface area contributed by atoms with Crippen molar-refractivity contribution in [1.29, 1.82) is 0 Å². The summed E-state index contributed by atoms with van der Waals surface area (Å²) in [6.07, 6.45) is 7.30. The Morgan fingerprint density at radius 3 is 2.86 bits per heavy atom. The number of rotatable bonds is 4. The first-order chi connectivity index (χ1) is 6.72. The van der Waals surface area contributed by atoms with E-state index in [4.69, 9.17) is 0 Å². The van der Waals surface area contributed by atoms with Crippen molar-refractivity contribution in [2.45, 2.75) is 52.4 Å². The Morgan fingerprint density at radius 1 is 1.43 bits per heavy atom. The van der Waals surface area contributed by atoms with Crippen molar-refractivity contribution in [3.63, 3.8) is 0 Å². The van der Waals surface area contributed by atoms with Gasteiger partial charge in [0.05, 0.1) is 0 Å². The summed E-state index contributed by atoms with van der Waals surface area (Å²) in [5, 5.41) is 2.96. The van der Waals surface area contributed by atoms with Gasteiger partial charge in [-0.15, -0.1) is 0 Å². The second-order valence-electron chi connectivity index (χ2n) is 4.63. The zero-order valence-corrected chi connectivity index (χ0v) is 9.51. The fourth-order valence-electron chi connectivity index (χ4n) is 2.36. The van der Waals surface area contributed by atoms with Gasteiger partial charge in [0.15, 0.2) is 0 Å². The standard InChI is InChI=1S/C12H23NO/c1-3-12(14)13-8-7-11-6-4-5-10(2)9-11/h10-11H,3-9H2,1-2H3,(H,13,14). The predicted octanol–water partition coefficient (Wildman–Crippen LogP) is 2.73. The fourth-order valence-corrected chi connectivity index (χ4v) is 2.36. The highest BCUT2D eigenvalue weighted by Gasteiger charge is 2.18. The van der Waals surface area contributed by atoms with Gasteiger partial charge in [-0.25, -0.2) is 0 Å². The summed E-state index contributed by atoms with van der Waals surface area (Å²) in [5.74, 6) is 1.94. The summed E-state index contributed by atoms with van der Waals surface area (Å²) in [6.45, 7) is 5.12. The summed E-state index contributed by atoms with van der Waals surface area (Å²) in [6, 6.07) is 0. The summed E-state index contributed by atoms with van der Waals surface area (Å²) in [5.41, 5.74) is 0. The van der Waals surface area contributed by atoms with Gasteiger partial charge in [0, 0.05) is 13.0 Å². The summed E-state index contributed by atoms with van der Waals surface area (Å²) in [7, 11) is 0. The molecule has 0 spiro atoms. The summed E-state index contributed by atoms with van der Waals surface area (Å²) >= 11 is 0. The van der Waals surface area contributed by atoms with E-state index >= 15 is 0 Å². The smallest absolute Gasteiger partial charge is 0.219 e. The molecular weight excluding hydrogens is 174 g/mol. The Labute approximate surface area is 87.5 Å². The largest absolute Gasteiger partial charge is 0.356 e. The molecule has 2 heteroatoms. The highest BCUT2D eigenvalue weighted by Crippen LogP contribution is 2.30. The van der Waals surface area contributed by atoms with Crippen molar-refractivity contribution in [2.75, 3.05) is 6.54 Å². The van der Waals surface area contributed by atoms with Crippen LogP contribution in [-0.2, 0) is 4.79 Å². The molecule has 1 aliphatic rings. The third-order valence-electron chi connectivity index (χ3n) is 3.24. The molecule has 0 aliphatic heterocycles. The maximum Gasteiger partial charge on any atom is 0.219 e. The minimum absolute atomic E-state index is 0.189. The maximum absolute atomic E-state index is 11.0. The number of hydrogen-bond donors (Lipinski definition) is 1. The van der Waals surface area contributed by atoms with E-state index in [1.54, 1.807) is 0 Å². The number of nitrogens with one attached hydrogen (secondary N) is 1. The number of carbonyl (C=O) groups is 1. The Morgan fingerprint density at radius 2 is 2.21 bits per heavy atom. The normalized spacial score (nSPS) is 27.3. The van der Waals surface area contributed by atoms with Crippen molar-refractivity contribution in [3.8, 4) is 0 Å². The summed E-state index contributed by atoms with van der Waals surface area (Å²) in [4.78, 5) is 11.0. The van der Waals surface area contributed by atoms with Crippen LogP contribution in [0.5, 0.6) is 0 Å². The van der Waals surface area contributed by atoms with Crippen LogP contribution in [0.4, 0.5) is 0 Å². The van der Waals surface area contributed by atoms with Crippen molar-refractivity contribution < 1.29 is 4.79 Å². The topological polar surface area (TPSA) is 29.1 Å². The second-order valence-corrected chi connectivity index (χ2v) is 4.63. The molecule has 14 heavy (non-hydrogen) atoms. The third kappa shape index (κ3) is 4.12. The van der Waals surface area contributed by atoms with Crippen LogP contribution in [0.25, 0.3) is 0 Å². The molecule has 82 valence electrons. The molecule has 1 N–H and O–H groups in total. The van der Waals surface area contributed by atoms with Gasteiger partial charge < -0.3 is 5.32 Å². The van der Waals surface area contributed by atoms with E-state index in [-0.39, 0.29) is 5.91 Å². The van der Waals surface area contributed by atoms with Gasteiger partial charge in [0.1, 0.15) is 0 Å². The molecule has 0 saturated heterocycles. The molecule has 0 heterocycles. The van der Waals surface area contributed by atoms with Gasteiger partial charge in [0.25, 0.3) is 0 Å². The van der Waals surface area contributed by atoms with Gasteiger partial charge in [-0.3, -0.25) is 4.79 Å². The zero-order chi connectivity index (χ0) is 10.4. The predicted molar refractivity (Wildman–Crippen MR) is 59.0 cm³/mol. The first-order valence-corrected chi connectivity index (χ1v) is 5.99. The Bertz CT molecular complexity index is 179. The highest BCUT2D eigenvalue weighted by molar-refractivity contribution is 5.75. The molecular formula is C12H23NO. The van der Waals surface area contributed by atoms with Crippen LogP contribution in [0.3, 0.4) is 0 Å². The van der Waals surface area contributed by atoms with Crippen molar-refractivity contribution >= 4 is 5.91 Å². The molecule has 2 unspecified atom stereocenters. The highest BCUT2D eigenvalue weighted by atomic mass is 16.1. The van der Waals surface area contributed by atoms with Gasteiger partial charge in [-0.05, 0) is 24.7 Å². The fraction of sp³-hybridized carbons (Fsp3) is 0.917. The minimum atomic E-state index is 0.189. The van der Waals surface area contributed by atoms with E-state index in [0.29, 0.717) is 6.42 Å². The van der Waals surface area contributed by atoms with Crippen LogP contribution in [-0.4, -0.2) is 12.5 Å². The lowest BCUT2D eigenvalue weighted by molar-refractivity contribution is -0.120. The van der Waals surface area contributed by atoms with E-state index in [9.17, 15) is 4.79 Å². The molecule has 1 aliphatic carbocycles. The quantitative estimate of drug-likeness (QED) is 0.737. The van der Waals surface area contributed by atoms with Crippen LogP contribution in [0, 0.1) is 11.8 Å². The maximum atomic E-state index is 11.0. The van der Waals surface area contributed by atoms with Gasteiger partial charge >= 0.3 is 0 Å². The van der Waals surface area contributed by atoms with E-state index in [1.807, 2.05) is 6.92 Å². The lowest BCUT2D eigenvalue weighted by Crippen LogP contribution is -2.26. The van der Waals surface area contributed by atoms with Crippen LogP contribution < -0.4 is 5.32 Å². The Balaban J connectivity index is 2.08. The van der Waals surface area contributed by atoms with Crippen LogP contribution in [0.2, 0.25) is 0 Å². The molecule has 1 amide bonds. The molecule has 0 bridgehead atoms. The number of hydrogen-bond acceptors (Lipinski definition) is 1. The molecule has 1 fully saturated rings. The summed E-state index contributed by atoms with van der Waals surface area (Å²) < 4.78 is 0. The molecule has 1 rings (SSSR count). The second kappa shape index (κ2) is 6.05. The lowest BCUT2D eigenvalue weighted by Gasteiger charge is -2.26. The van der Waals surface area contributed by atoms with E-state index in [0.717, 1.165) is 18.4 Å². The van der Waals surface area contributed by atoms with Crippen molar-refractivity contribution in [2.24, 2.45) is 11.8 Å². The molecule has 0 radical (unpaired) electrons. The molecule has 2 atom stereocenters. The van der Waals surface area contributed by atoms with Gasteiger partial charge in [0.2, 0.25) is 5.91 Å². The molecule has 2 nitrogen and oxygen atoms in total. The average molecular weight is 197 g/mol. The van der Waals surface area contributed by atoms with E-state index < -0.39 is 0 Å². The van der Waals surface area contributed by atoms with Crippen molar-refractivity contribution in [3.05, 3.63) is 0 Å². The molecule has 0 aromatic heterocycles. The Hall–Kier alpha value is -0.530. The lowest BCUT2D eigenvalue weighted by atomic mass is 9.81. The SMILES string of the molecule is CCC(=O)NCCC1CCCC(C)C1. The van der Waals surface area contributed by atoms with Gasteiger partial charge in [-0.2, -0.15) is 0 Å². The average Bonchev–Trinajstić information content (AvgIpc) is 2.17. The van der Waals surface area contributed by atoms with Crippen LogP contribution in [0.15, 0.2) is 0 Å². The Kier molecular flexibility index (Phi) is 4.99. The molecule has 1 saturated carbocycles. The van der Waals surface area contributed by atoms with E-state index in [1.165, 1.54) is 32.1 Å². The monoisotopic (exact) mass is 197 g/mol. The number of amides is 1. The van der Waals surface area contributed by atoms with E-state index in [2.05, 4.69) is 12.2 Å². The van der Waals surface area contributed by atoms with Crippen LogP contribution in [0.1, 0.15) is 52.4 Å². The number of carbonyl (C=O) groups excluding carboxylic acids is 1. The third-order valence-corrected chi connectivity index (χ3v) is 3.24. The van der Waals surface area contributed by atoms with Crippen molar-refractivity contribution in [1.82, 2.24) is 5.32 Å². The minimum Gasteiger partial charge on any atom is -0.356 e. The van der Waals surface area contributed by atoms with Crippen LogP contribution >= 0.6 is 0 Å². The molecule has 0 aromatic carbocycles. The molecule has 0 aromatic rings. The first-order valence-electron chi connectivity index (χ1n) is 5.99. The zero-order valence-electron chi connectivity index (χ0n) is 9.51.